The highest BCUT2D eigenvalue weighted by atomic mass is 35.5. The van der Waals surface area contributed by atoms with Crippen molar-refractivity contribution in [3.8, 4) is 11.5 Å². The molecule has 2 N–H and O–H groups in total. The summed E-state index contributed by atoms with van der Waals surface area (Å²) < 4.78 is 4.93. The van der Waals surface area contributed by atoms with E-state index in [1.165, 1.54) is 7.11 Å². The van der Waals surface area contributed by atoms with Crippen molar-refractivity contribution in [2.24, 2.45) is 5.90 Å². The number of methoxy groups -OCH3 is 1. The fourth-order valence-corrected chi connectivity index (χ4v) is 0.905. The predicted octanol–water partition coefficient (Wildman–Crippen LogP) is 1.60. The van der Waals surface area contributed by atoms with Crippen molar-refractivity contribution in [2.75, 3.05) is 7.11 Å². The first-order chi connectivity index (χ1) is 5.27. The van der Waals surface area contributed by atoms with E-state index in [1.807, 2.05) is 0 Å². The lowest BCUT2D eigenvalue weighted by Gasteiger charge is -2.05. The van der Waals surface area contributed by atoms with Gasteiger partial charge < -0.3 is 9.57 Å². The third-order valence-electron chi connectivity index (χ3n) is 1.25. The number of hydrogen-bond acceptors (Lipinski definition) is 3. The lowest BCUT2D eigenvalue weighted by atomic mass is 10.3. The molecule has 0 aliphatic carbocycles. The summed E-state index contributed by atoms with van der Waals surface area (Å²) in [5.74, 6) is 5.95. The molecule has 0 saturated carbocycles. The van der Waals surface area contributed by atoms with Crippen LogP contribution in [0, 0.1) is 0 Å². The molecular formula is C7H8ClNO2. The van der Waals surface area contributed by atoms with Crippen molar-refractivity contribution in [2.45, 2.75) is 0 Å². The zero-order chi connectivity index (χ0) is 8.27. The van der Waals surface area contributed by atoms with Gasteiger partial charge in [-0.05, 0) is 12.1 Å². The van der Waals surface area contributed by atoms with E-state index in [1.54, 1.807) is 18.2 Å². The third kappa shape index (κ3) is 1.76. The fourth-order valence-electron chi connectivity index (χ4n) is 0.743. The van der Waals surface area contributed by atoms with E-state index >= 15 is 0 Å². The molecule has 4 heteroatoms. The number of halogens is 1. The van der Waals surface area contributed by atoms with E-state index in [4.69, 9.17) is 22.2 Å². The molecule has 0 radical (unpaired) electrons. The minimum atomic E-state index is 0.431. The summed E-state index contributed by atoms with van der Waals surface area (Å²) in [4.78, 5) is 4.51. The highest BCUT2D eigenvalue weighted by molar-refractivity contribution is 6.30. The molecule has 1 aromatic carbocycles. The quantitative estimate of drug-likeness (QED) is 0.691. The van der Waals surface area contributed by atoms with Gasteiger partial charge in [0.25, 0.3) is 0 Å². The van der Waals surface area contributed by atoms with Gasteiger partial charge in [0.2, 0.25) is 0 Å². The van der Waals surface area contributed by atoms with E-state index in [2.05, 4.69) is 4.84 Å². The van der Waals surface area contributed by atoms with Crippen LogP contribution in [0.2, 0.25) is 5.02 Å². The molecule has 1 rings (SSSR count). The summed E-state index contributed by atoms with van der Waals surface area (Å²) in [5, 5.41) is 0.561. The molecule has 0 aromatic heterocycles. The smallest absolute Gasteiger partial charge is 0.190 e. The molecule has 0 unspecified atom stereocenters. The molecule has 0 heterocycles. The Kier molecular flexibility index (Phi) is 2.57. The second-order valence-corrected chi connectivity index (χ2v) is 2.35. The van der Waals surface area contributed by atoms with Gasteiger partial charge in [-0.3, -0.25) is 0 Å². The van der Waals surface area contributed by atoms with Gasteiger partial charge >= 0.3 is 0 Å². The SMILES string of the molecule is COc1ccc(Cl)cc1ON. The van der Waals surface area contributed by atoms with Gasteiger partial charge in [-0.25, -0.2) is 0 Å². The summed E-state index contributed by atoms with van der Waals surface area (Å²) in [7, 11) is 1.53. The van der Waals surface area contributed by atoms with Crippen LogP contribution in [0.15, 0.2) is 18.2 Å². The van der Waals surface area contributed by atoms with Crippen molar-refractivity contribution >= 4 is 11.6 Å². The summed E-state index contributed by atoms with van der Waals surface area (Å²) >= 11 is 5.66. The Balaban J connectivity index is 3.06. The van der Waals surface area contributed by atoms with E-state index < -0.39 is 0 Å². The highest BCUT2D eigenvalue weighted by Crippen LogP contribution is 2.28. The topological polar surface area (TPSA) is 44.5 Å². The largest absolute Gasteiger partial charge is 0.493 e. The third-order valence-corrected chi connectivity index (χ3v) is 1.49. The Hall–Kier alpha value is -0.930. The van der Waals surface area contributed by atoms with Gasteiger partial charge in [-0.2, -0.15) is 5.90 Å². The Morgan fingerprint density at radius 2 is 2.09 bits per heavy atom. The molecule has 0 saturated heterocycles. The molecule has 0 fully saturated rings. The first-order valence-corrected chi connectivity index (χ1v) is 3.36. The minimum absolute atomic E-state index is 0.431. The van der Waals surface area contributed by atoms with Crippen LogP contribution in [0.25, 0.3) is 0 Å². The highest BCUT2D eigenvalue weighted by Gasteiger charge is 2.02. The molecule has 0 spiro atoms. The lowest BCUT2D eigenvalue weighted by molar-refractivity contribution is 0.306. The molecule has 0 amide bonds. The first-order valence-electron chi connectivity index (χ1n) is 2.98. The summed E-state index contributed by atoms with van der Waals surface area (Å²) in [6, 6.07) is 4.97. The normalized spacial score (nSPS) is 9.36. The second-order valence-electron chi connectivity index (χ2n) is 1.91. The van der Waals surface area contributed by atoms with E-state index in [0.717, 1.165) is 0 Å². The summed E-state index contributed by atoms with van der Waals surface area (Å²) in [6.07, 6.45) is 0. The van der Waals surface area contributed by atoms with Gasteiger partial charge in [-0.1, -0.05) is 11.6 Å². The van der Waals surface area contributed by atoms with Crippen molar-refractivity contribution in [1.29, 1.82) is 0 Å². The number of hydrogen-bond donors (Lipinski definition) is 1. The molecule has 0 bridgehead atoms. The molecule has 1 aromatic rings. The van der Waals surface area contributed by atoms with Crippen LogP contribution in [0.3, 0.4) is 0 Å². The Labute approximate surface area is 69.6 Å². The van der Waals surface area contributed by atoms with E-state index in [-0.39, 0.29) is 0 Å². The molecular weight excluding hydrogens is 166 g/mol. The first kappa shape index (κ1) is 8.17. The Morgan fingerprint density at radius 1 is 1.36 bits per heavy atom. The zero-order valence-electron chi connectivity index (χ0n) is 6.00. The van der Waals surface area contributed by atoms with Crippen molar-refractivity contribution in [3.05, 3.63) is 23.2 Å². The Morgan fingerprint density at radius 3 is 2.64 bits per heavy atom. The summed E-state index contributed by atoms with van der Waals surface area (Å²) in [5.41, 5.74) is 0. The predicted molar refractivity (Wildman–Crippen MR) is 42.8 cm³/mol. The van der Waals surface area contributed by atoms with Crippen LogP contribution >= 0.6 is 11.6 Å². The molecule has 0 aliphatic heterocycles. The van der Waals surface area contributed by atoms with Crippen LogP contribution in [-0.4, -0.2) is 7.11 Å². The van der Waals surface area contributed by atoms with Gasteiger partial charge in [0, 0.05) is 11.1 Å². The maximum absolute atomic E-state index is 5.66. The van der Waals surface area contributed by atoms with E-state index in [0.29, 0.717) is 16.5 Å². The number of ether oxygens (including phenoxy) is 1. The van der Waals surface area contributed by atoms with Gasteiger partial charge in [0.1, 0.15) is 0 Å². The lowest BCUT2D eigenvalue weighted by Crippen LogP contribution is -2.03. The minimum Gasteiger partial charge on any atom is -0.493 e. The van der Waals surface area contributed by atoms with Crippen LogP contribution in [-0.2, 0) is 0 Å². The average Bonchev–Trinajstić information content (AvgIpc) is 2.04. The van der Waals surface area contributed by atoms with Crippen LogP contribution < -0.4 is 15.5 Å². The molecule has 0 aliphatic rings. The van der Waals surface area contributed by atoms with Crippen molar-refractivity contribution in [3.63, 3.8) is 0 Å². The van der Waals surface area contributed by atoms with Gasteiger partial charge in [0.05, 0.1) is 7.11 Å². The average molecular weight is 174 g/mol. The fraction of sp³-hybridized carbons (Fsp3) is 0.143. The van der Waals surface area contributed by atoms with Crippen LogP contribution in [0.5, 0.6) is 11.5 Å². The molecule has 0 atom stereocenters. The van der Waals surface area contributed by atoms with Crippen LogP contribution in [0.4, 0.5) is 0 Å². The zero-order valence-corrected chi connectivity index (χ0v) is 6.76. The Bertz CT molecular complexity index is 252. The second kappa shape index (κ2) is 3.46. The number of rotatable bonds is 2. The van der Waals surface area contributed by atoms with Gasteiger partial charge in [-0.15, -0.1) is 0 Å². The van der Waals surface area contributed by atoms with Crippen molar-refractivity contribution < 1.29 is 9.57 Å². The molecule has 11 heavy (non-hydrogen) atoms. The standard InChI is InChI=1S/C7H8ClNO2/c1-10-6-3-2-5(8)4-7(6)11-9/h2-4H,9H2,1H3. The van der Waals surface area contributed by atoms with Crippen molar-refractivity contribution in [1.82, 2.24) is 0 Å². The van der Waals surface area contributed by atoms with Gasteiger partial charge in [0.15, 0.2) is 11.5 Å². The molecule has 3 nitrogen and oxygen atoms in total. The maximum Gasteiger partial charge on any atom is 0.190 e. The summed E-state index contributed by atoms with van der Waals surface area (Å²) in [6.45, 7) is 0. The van der Waals surface area contributed by atoms with E-state index in [9.17, 15) is 0 Å². The molecule has 60 valence electrons. The number of nitrogens with two attached hydrogens (primary N) is 1. The maximum atomic E-state index is 5.66. The monoisotopic (exact) mass is 173 g/mol. The van der Waals surface area contributed by atoms with Crippen LogP contribution in [0.1, 0.15) is 0 Å². The number of benzene rings is 1.